The van der Waals surface area contributed by atoms with E-state index in [2.05, 4.69) is 48.9 Å². The molecule has 16 heavy (non-hydrogen) atoms. The van der Waals surface area contributed by atoms with E-state index in [-0.39, 0.29) is 5.54 Å². The minimum Gasteiger partial charge on any atom is -0.327 e. The van der Waals surface area contributed by atoms with Gasteiger partial charge in [0.25, 0.3) is 0 Å². The third kappa shape index (κ3) is 1.61. The van der Waals surface area contributed by atoms with Crippen LogP contribution in [-0.4, -0.2) is 16.6 Å². The number of hydrogen-bond donors (Lipinski definition) is 1. The first kappa shape index (κ1) is 11.1. The summed E-state index contributed by atoms with van der Waals surface area (Å²) in [5.74, 6) is 1.10. The number of nitrogens with one attached hydrogen (secondary N) is 1. The van der Waals surface area contributed by atoms with Crippen LogP contribution in [0.1, 0.15) is 26.6 Å². The van der Waals surface area contributed by atoms with Gasteiger partial charge in [0, 0.05) is 6.54 Å². The maximum absolute atomic E-state index is 4.73. The molecule has 0 aliphatic carbocycles. The van der Waals surface area contributed by atoms with Crippen molar-refractivity contribution < 1.29 is 0 Å². The zero-order valence-electron chi connectivity index (χ0n) is 10.4. The molecule has 1 aromatic heterocycles. The summed E-state index contributed by atoms with van der Waals surface area (Å²) in [6.07, 6.45) is 0. The van der Waals surface area contributed by atoms with E-state index in [0.717, 1.165) is 17.9 Å². The van der Waals surface area contributed by atoms with Crippen LogP contribution < -0.4 is 5.32 Å². The number of aryl methyl sites for hydroxylation is 1. The van der Waals surface area contributed by atoms with Crippen LogP contribution in [-0.2, 0) is 12.1 Å². The normalized spacial score (nSPS) is 12.2. The number of para-hydroxylation sites is 2. The van der Waals surface area contributed by atoms with Gasteiger partial charge in [-0.1, -0.05) is 12.1 Å². The van der Waals surface area contributed by atoms with Crippen LogP contribution in [0.15, 0.2) is 24.3 Å². The van der Waals surface area contributed by atoms with Crippen molar-refractivity contribution in [2.45, 2.75) is 32.9 Å². The topological polar surface area (TPSA) is 29.9 Å². The van der Waals surface area contributed by atoms with Crippen molar-refractivity contribution in [3.05, 3.63) is 30.1 Å². The standard InChI is InChI=1S/C13H19N3/c1-5-16-11-9-7-6-8-10(11)15-12(16)13(2,3)14-4/h6-9,14H,5H2,1-4H3. The number of fused-ring (bicyclic) bond motifs is 1. The van der Waals surface area contributed by atoms with Crippen molar-refractivity contribution in [3.63, 3.8) is 0 Å². The van der Waals surface area contributed by atoms with Crippen LogP contribution in [0.3, 0.4) is 0 Å². The molecule has 0 saturated carbocycles. The van der Waals surface area contributed by atoms with Crippen LogP contribution in [0.25, 0.3) is 11.0 Å². The Labute approximate surface area is 96.5 Å². The number of aromatic nitrogens is 2. The first-order valence-corrected chi connectivity index (χ1v) is 5.75. The Balaban J connectivity index is 2.70. The summed E-state index contributed by atoms with van der Waals surface area (Å²) in [4.78, 5) is 4.73. The zero-order valence-corrected chi connectivity index (χ0v) is 10.4. The maximum atomic E-state index is 4.73. The maximum Gasteiger partial charge on any atom is 0.129 e. The van der Waals surface area contributed by atoms with Gasteiger partial charge in [-0.15, -0.1) is 0 Å². The summed E-state index contributed by atoms with van der Waals surface area (Å²) in [6, 6.07) is 8.29. The molecule has 86 valence electrons. The largest absolute Gasteiger partial charge is 0.327 e. The van der Waals surface area contributed by atoms with E-state index in [0.29, 0.717) is 0 Å². The lowest BCUT2D eigenvalue weighted by atomic mass is 10.1. The van der Waals surface area contributed by atoms with Gasteiger partial charge in [0.1, 0.15) is 5.82 Å². The molecule has 0 bridgehead atoms. The van der Waals surface area contributed by atoms with Crippen LogP contribution in [0.5, 0.6) is 0 Å². The highest BCUT2D eigenvalue weighted by atomic mass is 15.1. The van der Waals surface area contributed by atoms with Crippen LogP contribution in [0.2, 0.25) is 0 Å². The lowest BCUT2D eigenvalue weighted by Crippen LogP contribution is -2.36. The first-order chi connectivity index (χ1) is 7.60. The number of nitrogens with zero attached hydrogens (tertiary/aromatic N) is 2. The minimum absolute atomic E-state index is 0.102. The van der Waals surface area contributed by atoms with Crippen molar-refractivity contribution in [1.29, 1.82) is 0 Å². The Bertz CT molecular complexity index is 497. The summed E-state index contributed by atoms with van der Waals surface area (Å²) in [7, 11) is 1.97. The van der Waals surface area contributed by atoms with E-state index in [1.54, 1.807) is 0 Å². The second-order valence-corrected chi connectivity index (χ2v) is 4.54. The Kier molecular flexibility index (Phi) is 2.72. The molecule has 3 heteroatoms. The Morgan fingerprint density at radius 2 is 2.00 bits per heavy atom. The first-order valence-electron chi connectivity index (χ1n) is 5.75. The fraction of sp³-hybridized carbons (Fsp3) is 0.462. The van der Waals surface area contributed by atoms with Crippen LogP contribution in [0.4, 0.5) is 0 Å². The number of hydrogen-bond acceptors (Lipinski definition) is 2. The molecule has 1 aromatic carbocycles. The molecule has 0 aliphatic rings. The second-order valence-electron chi connectivity index (χ2n) is 4.54. The Morgan fingerprint density at radius 3 is 2.62 bits per heavy atom. The third-order valence-corrected chi connectivity index (χ3v) is 3.15. The highest BCUT2D eigenvalue weighted by molar-refractivity contribution is 5.76. The van der Waals surface area contributed by atoms with Crippen molar-refractivity contribution in [1.82, 2.24) is 14.9 Å². The van der Waals surface area contributed by atoms with E-state index < -0.39 is 0 Å². The molecular weight excluding hydrogens is 198 g/mol. The summed E-state index contributed by atoms with van der Waals surface area (Å²) in [5, 5.41) is 3.31. The molecule has 0 atom stereocenters. The van der Waals surface area contributed by atoms with Gasteiger partial charge in [-0.05, 0) is 40.0 Å². The van der Waals surface area contributed by atoms with Gasteiger partial charge in [-0.2, -0.15) is 0 Å². The molecule has 0 aliphatic heterocycles. The van der Waals surface area contributed by atoms with Crippen molar-refractivity contribution in [2.24, 2.45) is 0 Å². The van der Waals surface area contributed by atoms with E-state index in [4.69, 9.17) is 4.98 Å². The van der Waals surface area contributed by atoms with Gasteiger partial charge in [-0.3, -0.25) is 0 Å². The molecule has 0 fully saturated rings. The fourth-order valence-electron chi connectivity index (χ4n) is 1.98. The monoisotopic (exact) mass is 217 g/mol. The minimum atomic E-state index is -0.102. The van der Waals surface area contributed by atoms with Gasteiger partial charge in [0.15, 0.2) is 0 Å². The van der Waals surface area contributed by atoms with Crippen molar-refractivity contribution >= 4 is 11.0 Å². The molecule has 0 saturated heterocycles. The second kappa shape index (κ2) is 3.91. The molecule has 2 aromatic rings. The molecule has 2 rings (SSSR count). The van der Waals surface area contributed by atoms with Crippen molar-refractivity contribution in [2.75, 3.05) is 7.05 Å². The zero-order chi connectivity index (χ0) is 11.8. The van der Waals surface area contributed by atoms with Gasteiger partial charge in [0.2, 0.25) is 0 Å². The molecule has 0 unspecified atom stereocenters. The lowest BCUT2D eigenvalue weighted by molar-refractivity contribution is 0.400. The predicted octanol–water partition coefficient (Wildman–Crippen LogP) is 2.51. The summed E-state index contributed by atoms with van der Waals surface area (Å²) < 4.78 is 2.27. The molecule has 1 N–H and O–H groups in total. The molecule has 3 nitrogen and oxygen atoms in total. The van der Waals surface area contributed by atoms with Gasteiger partial charge in [0.05, 0.1) is 16.6 Å². The smallest absolute Gasteiger partial charge is 0.129 e. The summed E-state index contributed by atoms with van der Waals surface area (Å²) >= 11 is 0. The molecular formula is C13H19N3. The highest BCUT2D eigenvalue weighted by Crippen LogP contribution is 2.24. The van der Waals surface area contributed by atoms with E-state index >= 15 is 0 Å². The fourth-order valence-corrected chi connectivity index (χ4v) is 1.98. The van der Waals surface area contributed by atoms with E-state index in [9.17, 15) is 0 Å². The average Bonchev–Trinajstić information content (AvgIpc) is 2.68. The average molecular weight is 217 g/mol. The lowest BCUT2D eigenvalue weighted by Gasteiger charge is -2.24. The Hall–Kier alpha value is -1.35. The molecule has 0 amide bonds. The van der Waals surface area contributed by atoms with E-state index in [1.807, 2.05) is 13.1 Å². The van der Waals surface area contributed by atoms with Crippen LogP contribution in [0, 0.1) is 0 Å². The van der Waals surface area contributed by atoms with Crippen LogP contribution >= 0.6 is 0 Å². The summed E-state index contributed by atoms with van der Waals surface area (Å²) in [6.45, 7) is 7.41. The third-order valence-electron chi connectivity index (χ3n) is 3.15. The summed E-state index contributed by atoms with van der Waals surface area (Å²) in [5.41, 5.74) is 2.18. The Morgan fingerprint density at radius 1 is 1.31 bits per heavy atom. The SMILES string of the molecule is CCn1c(C(C)(C)NC)nc2ccccc21. The predicted molar refractivity (Wildman–Crippen MR) is 67.5 cm³/mol. The van der Waals surface area contributed by atoms with Crippen molar-refractivity contribution in [3.8, 4) is 0 Å². The number of rotatable bonds is 3. The molecule has 0 spiro atoms. The number of imidazole rings is 1. The van der Waals surface area contributed by atoms with Gasteiger partial charge >= 0.3 is 0 Å². The molecule has 0 radical (unpaired) electrons. The van der Waals surface area contributed by atoms with Gasteiger partial charge < -0.3 is 9.88 Å². The van der Waals surface area contributed by atoms with Gasteiger partial charge in [-0.25, -0.2) is 4.98 Å². The quantitative estimate of drug-likeness (QED) is 0.856. The number of benzene rings is 1. The highest BCUT2D eigenvalue weighted by Gasteiger charge is 2.24. The molecule has 1 heterocycles. The van der Waals surface area contributed by atoms with E-state index in [1.165, 1.54) is 5.52 Å².